The van der Waals surface area contributed by atoms with Gasteiger partial charge in [-0.2, -0.15) is 5.26 Å². The topological polar surface area (TPSA) is 99.2 Å². The van der Waals surface area contributed by atoms with Crippen LogP contribution in [-0.2, 0) is 17.1 Å². The monoisotopic (exact) mass is 444 g/mol. The summed E-state index contributed by atoms with van der Waals surface area (Å²) in [6, 6.07) is 23.9. The van der Waals surface area contributed by atoms with Gasteiger partial charge in [0.15, 0.2) is 5.82 Å². The molecule has 0 fully saturated rings. The van der Waals surface area contributed by atoms with Crippen LogP contribution in [-0.4, -0.2) is 30.1 Å². The number of aliphatic hydroxyl groups is 1. The molecule has 0 atom stereocenters. The van der Waals surface area contributed by atoms with Crippen molar-refractivity contribution in [1.29, 1.82) is 5.26 Å². The maximum Gasteiger partial charge on any atom is 0.264 e. The molecular weight excluding hydrogens is 424 g/mol. The summed E-state index contributed by atoms with van der Waals surface area (Å²) in [6.07, 6.45) is 0. The number of sulfonamides is 1. The molecular formula is C24H20N4O3S. The Kier molecular flexibility index (Phi) is 5.43. The Bertz CT molecular complexity index is 1470. The highest BCUT2D eigenvalue weighted by Crippen LogP contribution is 2.28. The summed E-state index contributed by atoms with van der Waals surface area (Å²) in [5, 5.41) is 20.5. The minimum Gasteiger partial charge on any atom is -0.506 e. The molecule has 0 saturated heterocycles. The van der Waals surface area contributed by atoms with Gasteiger partial charge in [0.2, 0.25) is 0 Å². The highest BCUT2D eigenvalue weighted by molar-refractivity contribution is 7.92. The van der Waals surface area contributed by atoms with Crippen LogP contribution < -0.4 is 4.31 Å². The first kappa shape index (κ1) is 21.2. The zero-order valence-corrected chi connectivity index (χ0v) is 18.3. The molecule has 0 aliphatic heterocycles. The summed E-state index contributed by atoms with van der Waals surface area (Å²) >= 11 is 0. The molecule has 0 aliphatic rings. The molecule has 4 rings (SSSR count). The van der Waals surface area contributed by atoms with E-state index in [1.807, 2.05) is 36.4 Å². The molecule has 7 nitrogen and oxygen atoms in total. The Morgan fingerprint density at radius 2 is 1.62 bits per heavy atom. The zero-order valence-electron chi connectivity index (χ0n) is 17.5. The van der Waals surface area contributed by atoms with Gasteiger partial charge >= 0.3 is 0 Å². The third-order valence-corrected chi connectivity index (χ3v) is 7.07. The van der Waals surface area contributed by atoms with Gasteiger partial charge in [-0.3, -0.25) is 4.31 Å². The van der Waals surface area contributed by atoms with Crippen molar-refractivity contribution >= 4 is 38.1 Å². The number of aromatic nitrogens is 2. The quantitative estimate of drug-likeness (QED) is 0.364. The van der Waals surface area contributed by atoms with E-state index in [1.54, 1.807) is 35.9 Å². The number of allylic oxidation sites excluding steroid dienone is 1. The van der Waals surface area contributed by atoms with Crippen LogP contribution in [0.25, 0.3) is 22.4 Å². The fourth-order valence-corrected chi connectivity index (χ4v) is 4.64. The molecule has 1 N–H and O–H groups in total. The molecule has 160 valence electrons. The summed E-state index contributed by atoms with van der Waals surface area (Å²) < 4.78 is 28.8. The average molecular weight is 445 g/mol. The molecule has 0 amide bonds. The molecule has 1 heterocycles. The molecule has 1 aromatic heterocycles. The highest BCUT2D eigenvalue weighted by Gasteiger charge is 2.22. The Hall–Kier alpha value is -4.09. The van der Waals surface area contributed by atoms with Crippen molar-refractivity contribution in [2.45, 2.75) is 4.90 Å². The van der Waals surface area contributed by atoms with Crippen LogP contribution in [0.4, 0.5) is 5.69 Å². The van der Waals surface area contributed by atoms with E-state index in [2.05, 4.69) is 4.98 Å². The second-order valence-electron chi connectivity index (χ2n) is 7.15. The van der Waals surface area contributed by atoms with Crippen LogP contribution in [0.5, 0.6) is 0 Å². The van der Waals surface area contributed by atoms with E-state index < -0.39 is 10.0 Å². The van der Waals surface area contributed by atoms with Gasteiger partial charge in [0.05, 0.1) is 21.6 Å². The Balaban J connectivity index is 1.72. The van der Waals surface area contributed by atoms with E-state index in [4.69, 9.17) is 0 Å². The average Bonchev–Trinajstić information content (AvgIpc) is 3.16. The number of imidazole rings is 1. The Morgan fingerprint density at radius 3 is 2.25 bits per heavy atom. The number of fused-ring (bicyclic) bond motifs is 1. The van der Waals surface area contributed by atoms with Gasteiger partial charge in [0, 0.05) is 19.7 Å². The molecule has 32 heavy (non-hydrogen) atoms. The van der Waals surface area contributed by atoms with Crippen molar-refractivity contribution in [3.8, 4) is 6.07 Å². The number of aliphatic hydroxyl groups excluding tert-OH is 1. The Labute approximate surface area is 186 Å². The summed E-state index contributed by atoms with van der Waals surface area (Å²) in [5.41, 5.74) is 2.38. The van der Waals surface area contributed by atoms with Crippen molar-refractivity contribution < 1.29 is 13.5 Å². The first-order chi connectivity index (χ1) is 15.3. The number of anilines is 1. The molecule has 0 spiro atoms. The van der Waals surface area contributed by atoms with Crippen molar-refractivity contribution in [2.24, 2.45) is 7.05 Å². The number of nitriles is 1. The van der Waals surface area contributed by atoms with Crippen molar-refractivity contribution in [1.82, 2.24) is 9.55 Å². The fourth-order valence-electron chi connectivity index (χ4n) is 3.44. The molecule has 0 unspecified atom stereocenters. The second-order valence-corrected chi connectivity index (χ2v) is 9.12. The predicted molar refractivity (Wildman–Crippen MR) is 124 cm³/mol. The summed E-state index contributed by atoms with van der Waals surface area (Å²) in [7, 11) is -0.532. The minimum atomic E-state index is -3.78. The first-order valence-electron chi connectivity index (χ1n) is 9.74. The van der Waals surface area contributed by atoms with E-state index in [0.717, 1.165) is 5.52 Å². The number of para-hydroxylation sites is 3. The maximum atomic E-state index is 13.0. The third kappa shape index (κ3) is 3.59. The van der Waals surface area contributed by atoms with Gasteiger partial charge in [-0.25, -0.2) is 13.4 Å². The molecule has 0 aliphatic carbocycles. The summed E-state index contributed by atoms with van der Waals surface area (Å²) in [5.74, 6) is 0.0537. The molecule has 0 radical (unpaired) electrons. The second kappa shape index (κ2) is 8.21. The normalized spacial score (nSPS) is 12.3. The lowest BCUT2D eigenvalue weighted by molar-refractivity contribution is 0.513. The maximum absolute atomic E-state index is 13.0. The van der Waals surface area contributed by atoms with Crippen molar-refractivity contribution in [2.75, 3.05) is 11.4 Å². The molecule has 8 heteroatoms. The Morgan fingerprint density at radius 1 is 1.00 bits per heavy atom. The third-order valence-electron chi connectivity index (χ3n) is 5.27. The van der Waals surface area contributed by atoms with Gasteiger partial charge in [-0.15, -0.1) is 0 Å². The van der Waals surface area contributed by atoms with Gasteiger partial charge in [-0.1, -0.05) is 30.3 Å². The SMILES string of the molecule is CN(c1ccccc1)S(=O)(=O)c1ccc(/C(O)=C(\C#N)c2nc3ccccc3n2C)cc1. The number of hydrogen-bond acceptors (Lipinski definition) is 5. The molecule has 4 aromatic rings. The number of benzene rings is 3. The van der Waals surface area contributed by atoms with Crippen LogP contribution >= 0.6 is 0 Å². The van der Waals surface area contributed by atoms with E-state index in [-0.39, 0.29) is 16.2 Å². The minimum absolute atomic E-state index is 0.000658. The molecule has 0 saturated carbocycles. The van der Waals surface area contributed by atoms with Crippen LogP contribution in [0.2, 0.25) is 0 Å². The van der Waals surface area contributed by atoms with E-state index in [0.29, 0.717) is 22.6 Å². The fraction of sp³-hybridized carbons (Fsp3) is 0.0833. The van der Waals surface area contributed by atoms with Gasteiger partial charge in [0.25, 0.3) is 10.0 Å². The highest BCUT2D eigenvalue weighted by atomic mass is 32.2. The zero-order chi connectivity index (χ0) is 22.9. The lowest BCUT2D eigenvalue weighted by Crippen LogP contribution is -2.26. The number of aryl methyl sites for hydroxylation is 1. The predicted octanol–water partition coefficient (Wildman–Crippen LogP) is 4.35. The molecule has 3 aromatic carbocycles. The molecule has 0 bridgehead atoms. The van der Waals surface area contributed by atoms with Crippen LogP contribution in [0.15, 0.2) is 83.8 Å². The van der Waals surface area contributed by atoms with Crippen LogP contribution in [0.1, 0.15) is 11.4 Å². The largest absolute Gasteiger partial charge is 0.506 e. The van der Waals surface area contributed by atoms with E-state index >= 15 is 0 Å². The summed E-state index contributed by atoms with van der Waals surface area (Å²) in [4.78, 5) is 4.53. The van der Waals surface area contributed by atoms with Crippen LogP contribution in [0.3, 0.4) is 0 Å². The standard InChI is InChI=1S/C24H20N4O3S/c1-27-22-11-7-6-10-21(22)26-24(27)20(16-25)23(29)17-12-14-19(15-13-17)32(30,31)28(2)18-8-4-3-5-9-18/h3-15,29H,1-2H3/b23-20-. The number of hydrogen-bond donors (Lipinski definition) is 1. The summed E-state index contributed by atoms with van der Waals surface area (Å²) in [6.45, 7) is 0. The number of nitrogens with zero attached hydrogens (tertiary/aromatic N) is 4. The van der Waals surface area contributed by atoms with E-state index in [9.17, 15) is 18.8 Å². The van der Waals surface area contributed by atoms with Gasteiger partial charge in [-0.05, 0) is 48.5 Å². The smallest absolute Gasteiger partial charge is 0.264 e. The van der Waals surface area contributed by atoms with Crippen molar-refractivity contribution in [3.05, 3.63) is 90.3 Å². The van der Waals surface area contributed by atoms with Crippen LogP contribution in [0, 0.1) is 11.3 Å². The number of rotatable bonds is 5. The first-order valence-corrected chi connectivity index (χ1v) is 11.2. The van der Waals surface area contributed by atoms with Gasteiger partial charge in [0.1, 0.15) is 17.4 Å². The van der Waals surface area contributed by atoms with Gasteiger partial charge < -0.3 is 9.67 Å². The lowest BCUT2D eigenvalue weighted by Gasteiger charge is -2.19. The lowest BCUT2D eigenvalue weighted by atomic mass is 10.1. The van der Waals surface area contributed by atoms with E-state index in [1.165, 1.54) is 35.6 Å². The van der Waals surface area contributed by atoms with Crippen molar-refractivity contribution in [3.63, 3.8) is 0 Å².